The summed E-state index contributed by atoms with van der Waals surface area (Å²) in [5.74, 6) is 0.964. The first-order valence-electron chi connectivity index (χ1n) is 5.56. The highest BCUT2D eigenvalue weighted by atomic mass is 32.1. The summed E-state index contributed by atoms with van der Waals surface area (Å²) >= 11 is 6.81. The van der Waals surface area contributed by atoms with E-state index in [1.54, 1.807) is 11.3 Å². The van der Waals surface area contributed by atoms with Crippen LogP contribution in [-0.4, -0.2) is 21.8 Å². The van der Waals surface area contributed by atoms with Gasteiger partial charge in [0.2, 0.25) is 0 Å². The summed E-state index contributed by atoms with van der Waals surface area (Å²) in [6, 6.07) is 2.12. The number of thiocarbonyl (C=S) groups is 1. The van der Waals surface area contributed by atoms with E-state index in [9.17, 15) is 0 Å². The van der Waals surface area contributed by atoms with E-state index in [1.807, 2.05) is 25.7 Å². The number of aryl methyl sites for hydroxylation is 2. The van der Waals surface area contributed by atoms with Crippen molar-refractivity contribution in [3.05, 3.63) is 33.6 Å². The van der Waals surface area contributed by atoms with Crippen molar-refractivity contribution in [2.45, 2.75) is 13.5 Å². The maximum absolute atomic E-state index is 5.79. The SMILES string of the molecule is Cc1nn(C)c(N(C)Cc2ccsc2)c1C(N)=S. The number of rotatable bonds is 4. The molecule has 0 aliphatic rings. The number of nitrogens with zero attached hydrogens (tertiary/aromatic N) is 3. The fourth-order valence-corrected chi connectivity index (χ4v) is 3.00. The van der Waals surface area contributed by atoms with Crippen LogP contribution in [0.15, 0.2) is 16.8 Å². The van der Waals surface area contributed by atoms with E-state index < -0.39 is 0 Å². The van der Waals surface area contributed by atoms with E-state index in [0.29, 0.717) is 4.99 Å². The molecule has 18 heavy (non-hydrogen) atoms. The van der Waals surface area contributed by atoms with E-state index in [1.165, 1.54) is 5.56 Å². The van der Waals surface area contributed by atoms with Crippen LogP contribution in [0.1, 0.15) is 16.8 Å². The van der Waals surface area contributed by atoms with E-state index in [2.05, 4.69) is 26.8 Å². The third-order valence-electron chi connectivity index (χ3n) is 2.80. The molecule has 2 heterocycles. The van der Waals surface area contributed by atoms with E-state index >= 15 is 0 Å². The van der Waals surface area contributed by atoms with Crippen molar-refractivity contribution < 1.29 is 0 Å². The van der Waals surface area contributed by atoms with Crippen molar-refractivity contribution in [1.82, 2.24) is 9.78 Å². The van der Waals surface area contributed by atoms with E-state index in [0.717, 1.165) is 23.6 Å². The minimum atomic E-state index is 0.396. The van der Waals surface area contributed by atoms with Gasteiger partial charge in [-0.2, -0.15) is 16.4 Å². The minimum absolute atomic E-state index is 0.396. The third-order valence-corrected chi connectivity index (χ3v) is 3.74. The van der Waals surface area contributed by atoms with E-state index in [-0.39, 0.29) is 0 Å². The second-order valence-corrected chi connectivity index (χ2v) is 5.48. The quantitative estimate of drug-likeness (QED) is 0.871. The molecule has 0 aromatic carbocycles. The highest BCUT2D eigenvalue weighted by Gasteiger charge is 2.19. The highest BCUT2D eigenvalue weighted by molar-refractivity contribution is 7.80. The van der Waals surface area contributed by atoms with Gasteiger partial charge in [-0.05, 0) is 29.3 Å². The van der Waals surface area contributed by atoms with Crippen molar-refractivity contribution in [1.29, 1.82) is 0 Å². The van der Waals surface area contributed by atoms with Crippen LogP contribution in [-0.2, 0) is 13.6 Å². The van der Waals surface area contributed by atoms with Gasteiger partial charge < -0.3 is 10.6 Å². The first-order chi connectivity index (χ1) is 8.50. The number of hydrogen-bond acceptors (Lipinski definition) is 4. The Kier molecular flexibility index (Phi) is 3.68. The number of thiophene rings is 1. The topological polar surface area (TPSA) is 47.1 Å². The first-order valence-corrected chi connectivity index (χ1v) is 6.91. The molecule has 0 saturated heterocycles. The van der Waals surface area contributed by atoms with Crippen LogP contribution in [0.2, 0.25) is 0 Å². The fourth-order valence-electron chi connectivity index (χ4n) is 2.10. The van der Waals surface area contributed by atoms with Gasteiger partial charge in [0.1, 0.15) is 10.8 Å². The average molecular weight is 280 g/mol. The van der Waals surface area contributed by atoms with Crippen molar-refractivity contribution in [2.75, 3.05) is 11.9 Å². The lowest BCUT2D eigenvalue weighted by molar-refractivity contribution is 0.727. The second-order valence-electron chi connectivity index (χ2n) is 4.26. The van der Waals surface area contributed by atoms with Crippen LogP contribution in [0.3, 0.4) is 0 Å². The van der Waals surface area contributed by atoms with Crippen LogP contribution in [0.4, 0.5) is 5.82 Å². The molecule has 0 aliphatic carbocycles. The molecular formula is C12H16N4S2. The molecule has 2 N–H and O–H groups in total. The number of aromatic nitrogens is 2. The predicted molar refractivity (Wildman–Crippen MR) is 80.3 cm³/mol. The van der Waals surface area contributed by atoms with Gasteiger partial charge in [-0.25, -0.2) is 0 Å². The molecule has 0 spiro atoms. The van der Waals surface area contributed by atoms with Gasteiger partial charge in [0, 0.05) is 20.6 Å². The summed E-state index contributed by atoms with van der Waals surface area (Å²) in [7, 11) is 3.93. The summed E-state index contributed by atoms with van der Waals surface area (Å²) < 4.78 is 1.83. The fraction of sp³-hybridized carbons (Fsp3) is 0.333. The monoisotopic (exact) mass is 280 g/mol. The number of anilines is 1. The Bertz CT molecular complexity index is 557. The maximum atomic E-state index is 5.79. The van der Waals surface area contributed by atoms with Gasteiger partial charge in [-0.15, -0.1) is 0 Å². The molecule has 0 fully saturated rings. The van der Waals surface area contributed by atoms with Gasteiger partial charge in [0.25, 0.3) is 0 Å². The molecule has 0 saturated carbocycles. The van der Waals surface area contributed by atoms with Gasteiger partial charge in [0.15, 0.2) is 0 Å². The highest BCUT2D eigenvalue weighted by Crippen LogP contribution is 2.24. The summed E-state index contributed by atoms with van der Waals surface area (Å²) in [6.45, 7) is 2.74. The zero-order valence-corrected chi connectivity index (χ0v) is 12.3. The minimum Gasteiger partial charge on any atom is -0.389 e. The molecule has 0 unspecified atom stereocenters. The normalized spacial score (nSPS) is 10.6. The predicted octanol–water partition coefficient (Wildman–Crippen LogP) is 2.06. The van der Waals surface area contributed by atoms with Crippen LogP contribution in [0, 0.1) is 6.92 Å². The number of hydrogen-bond donors (Lipinski definition) is 1. The summed E-state index contributed by atoms with van der Waals surface area (Å²) in [5, 5.41) is 8.61. The Balaban J connectivity index is 2.35. The van der Waals surface area contributed by atoms with Crippen LogP contribution < -0.4 is 10.6 Å². The Labute approximate surface area is 116 Å². The molecule has 0 atom stereocenters. The van der Waals surface area contributed by atoms with Crippen molar-refractivity contribution in [3.63, 3.8) is 0 Å². The molecule has 2 aromatic rings. The Hall–Kier alpha value is -1.40. The summed E-state index contributed by atoms with van der Waals surface area (Å²) in [6.07, 6.45) is 0. The van der Waals surface area contributed by atoms with Crippen LogP contribution in [0.25, 0.3) is 0 Å². The Morgan fingerprint density at radius 3 is 2.89 bits per heavy atom. The molecule has 96 valence electrons. The van der Waals surface area contributed by atoms with Crippen molar-refractivity contribution in [3.8, 4) is 0 Å². The molecule has 0 amide bonds. The zero-order chi connectivity index (χ0) is 13.3. The molecule has 6 heteroatoms. The van der Waals surface area contributed by atoms with Gasteiger partial charge in [-0.1, -0.05) is 12.2 Å². The van der Waals surface area contributed by atoms with Gasteiger partial charge in [-0.3, -0.25) is 4.68 Å². The first kappa shape index (κ1) is 13.0. The van der Waals surface area contributed by atoms with E-state index in [4.69, 9.17) is 18.0 Å². The molecule has 0 aliphatic heterocycles. The summed E-state index contributed by atoms with van der Waals surface area (Å²) in [4.78, 5) is 2.52. The summed E-state index contributed by atoms with van der Waals surface area (Å²) in [5.41, 5.74) is 8.81. The van der Waals surface area contributed by atoms with Gasteiger partial charge >= 0.3 is 0 Å². The molecule has 4 nitrogen and oxygen atoms in total. The Morgan fingerprint density at radius 2 is 2.33 bits per heavy atom. The van der Waals surface area contributed by atoms with Crippen LogP contribution in [0.5, 0.6) is 0 Å². The standard InChI is InChI=1S/C12H16N4S2/c1-8-10(11(13)17)12(16(3)14-8)15(2)6-9-4-5-18-7-9/h4-5,7H,6H2,1-3H3,(H2,13,17). The molecule has 2 aromatic heterocycles. The second kappa shape index (κ2) is 5.07. The molecular weight excluding hydrogens is 264 g/mol. The Morgan fingerprint density at radius 1 is 1.61 bits per heavy atom. The van der Waals surface area contributed by atoms with Crippen molar-refractivity contribution in [2.24, 2.45) is 12.8 Å². The smallest absolute Gasteiger partial charge is 0.137 e. The van der Waals surface area contributed by atoms with Gasteiger partial charge in [0.05, 0.1) is 11.3 Å². The maximum Gasteiger partial charge on any atom is 0.137 e. The molecule has 0 bridgehead atoms. The lowest BCUT2D eigenvalue weighted by Crippen LogP contribution is -2.23. The lowest BCUT2D eigenvalue weighted by atomic mass is 10.2. The molecule has 0 radical (unpaired) electrons. The molecule has 2 rings (SSSR count). The third kappa shape index (κ3) is 2.39. The van der Waals surface area contributed by atoms with Crippen LogP contribution >= 0.6 is 23.6 Å². The van der Waals surface area contributed by atoms with Crippen molar-refractivity contribution >= 4 is 34.4 Å². The largest absolute Gasteiger partial charge is 0.389 e. The zero-order valence-electron chi connectivity index (χ0n) is 10.7. The average Bonchev–Trinajstić information content (AvgIpc) is 2.85. The number of nitrogens with two attached hydrogens (primary N) is 1. The lowest BCUT2D eigenvalue weighted by Gasteiger charge is -2.20.